The molecule has 0 amide bonds. The Hall–Kier alpha value is -2.54. The van der Waals surface area contributed by atoms with Gasteiger partial charge in [0.25, 0.3) is 0 Å². The van der Waals surface area contributed by atoms with Crippen LogP contribution in [-0.4, -0.2) is 6.04 Å². The smallest absolute Gasteiger partial charge is 0.0295 e. The van der Waals surface area contributed by atoms with Crippen LogP contribution in [-0.2, 0) is 12.8 Å². The molecule has 2 aromatic carbocycles. The molecule has 37 heavy (non-hydrogen) atoms. The summed E-state index contributed by atoms with van der Waals surface area (Å²) < 4.78 is 0. The molecule has 1 heteroatoms. The van der Waals surface area contributed by atoms with Gasteiger partial charge < -0.3 is 5.32 Å². The Morgan fingerprint density at radius 1 is 0.865 bits per heavy atom. The highest BCUT2D eigenvalue weighted by Crippen LogP contribution is 2.21. The van der Waals surface area contributed by atoms with Crippen LogP contribution in [0.2, 0.25) is 0 Å². The van der Waals surface area contributed by atoms with E-state index in [4.69, 9.17) is 0 Å². The van der Waals surface area contributed by atoms with Crippen molar-refractivity contribution in [2.24, 2.45) is 0 Å². The molecule has 0 fully saturated rings. The minimum absolute atomic E-state index is 0.438. The molecule has 0 heterocycles. The summed E-state index contributed by atoms with van der Waals surface area (Å²) in [5.41, 5.74) is 9.18. The average molecular weight is 502 g/mol. The van der Waals surface area contributed by atoms with Crippen LogP contribution in [0.4, 0.5) is 0 Å². The highest BCUT2D eigenvalue weighted by molar-refractivity contribution is 5.63. The summed E-state index contributed by atoms with van der Waals surface area (Å²) in [5.74, 6) is 0. The number of aryl methyl sites for hydroxylation is 3. The van der Waals surface area contributed by atoms with Gasteiger partial charge in [-0.05, 0) is 93.0 Å². The molecule has 204 valence electrons. The molecule has 0 saturated carbocycles. The van der Waals surface area contributed by atoms with Gasteiger partial charge in [-0.15, -0.1) is 6.58 Å². The summed E-state index contributed by atoms with van der Waals surface area (Å²) in [6, 6.07) is 16.0. The van der Waals surface area contributed by atoms with Gasteiger partial charge in [0.1, 0.15) is 0 Å². The topological polar surface area (TPSA) is 12.0 Å². The zero-order valence-corrected chi connectivity index (χ0v) is 24.8. The van der Waals surface area contributed by atoms with E-state index >= 15 is 0 Å². The van der Waals surface area contributed by atoms with Crippen molar-refractivity contribution in [2.75, 3.05) is 0 Å². The largest absolute Gasteiger partial charge is 0.386 e. The van der Waals surface area contributed by atoms with Crippen molar-refractivity contribution in [1.82, 2.24) is 5.32 Å². The van der Waals surface area contributed by atoms with Crippen LogP contribution < -0.4 is 5.32 Å². The van der Waals surface area contributed by atoms with Crippen molar-refractivity contribution in [3.8, 4) is 0 Å². The zero-order valence-electron chi connectivity index (χ0n) is 24.8. The average Bonchev–Trinajstić information content (AvgIpc) is 2.89. The zero-order chi connectivity index (χ0) is 27.5. The van der Waals surface area contributed by atoms with E-state index in [1.165, 1.54) is 59.1 Å². The van der Waals surface area contributed by atoms with Gasteiger partial charge in [0.15, 0.2) is 0 Å². The van der Waals surface area contributed by atoms with Crippen molar-refractivity contribution in [3.63, 3.8) is 0 Å². The van der Waals surface area contributed by atoms with Crippen molar-refractivity contribution in [2.45, 2.75) is 118 Å². The van der Waals surface area contributed by atoms with Crippen molar-refractivity contribution in [1.29, 1.82) is 0 Å². The van der Waals surface area contributed by atoms with E-state index < -0.39 is 0 Å². The molecule has 0 aliphatic rings. The molecule has 0 unspecified atom stereocenters. The Bertz CT molecular complexity index is 914. The molecule has 0 spiro atoms. The third kappa shape index (κ3) is 14.1. The molecule has 0 aliphatic carbocycles. The highest BCUT2D eigenvalue weighted by Gasteiger charge is 2.10. The van der Waals surface area contributed by atoms with E-state index in [1.54, 1.807) is 0 Å². The third-order valence-corrected chi connectivity index (χ3v) is 7.03. The van der Waals surface area contributed by atoms with Crippen LogP contribution in [0, 0.1) is 13.8 Å². The molecular weight excluding hydrogens is 446 g/mol. The molecule has 1 atom stereocenters. The van der Waals surface area contributed by atoms with Gasteiger partial charge in [-0.2, -0.15) is 0 Å². The number of benzene rings is 2. The maximum absolute atomic E-state index is 4.29. The standard InChI is InChI=1S/C30H41N.C6H14/c1-7-9-14-28-20-17-27(21-25(28)5)22-30(8-2)31-26(6)13-11-10-12-24(4)29-18-15-23(3)16-19-29;1-3-5-6-4-2/h7,15-21,30-31H,1,4,6,8-14,22H2,2-3,5H3;3-6H2,1-2H3/t30-;/m1./s1. The van der Waals surface area contributed by atoms with E-state index in [0.717, 1.165) is 57.1 Å². The van der Waals surface area contributed by atoms with Gasteiger partial charge in [0.2, 0.25) is 0 Å². The molecule has 0 aliphatic heterocycles. The van der Waals surface area contributed by atoms with Gasteiger partial charge in [-0.3, -0.25) is 0 Å². The van der Waals surface area contributed by atoms with Crippen LogP contribution in [0.3, 0.4) is 0 Å². The summed E-state index contributed by atoms with van der Waals surface area (Å²) in [6.07, 6.45) is 16.2. The number of unbranched alkanes of at least 4 members (excludes halogenated alkanes) is 4. The Morgan fingerprint density at radius 3 is 2.08 bits per heavy atom. The van der Waals surface area contributed by atoms with Crippen LogP contribution >= 0.6 is 0 Å². The summed E-state index contributed by atoms with van der Waals surface area (Å²) in [5, 5.41) is 3.68. The maximum Gasteiger partial charge on any atom is 0.0295 e. The Labute approximate surface area is 230 Å². The normalized spacial score (nSPS) is 11.3. The Balaban J connectivity index is 0.00000102. The fourth-order valence-electron chi connectivity index (χ4n) is 4.48. The Morgan fingerprint density at radius 2 is 1.51 bits per heavy atom. The molecule has 0 bridgehead atoms. The lowest BCUT2D eigenvalue weighted by molar-refractivity contribution is 0.528. The van der Waals surface area contributed by atoms with Crippen LogP contribution in [0.1, 0.15) is 113 Å². The van der Waals surface area contributed by atoms with E-state index in [9.17, 15) is 0 Å². The first-order chi connectivity index (χ1) is 17.8. The van der Waals surface area contributed by atoms with Crippen molar-refractivity contribution in [3.05, 3.63) is 102 Å². The SMILES string of the molecule is C=CCCc1ccc(C[C@@H](CC)NC(=C)CCCCC(=C)c2ccc(C)cc2)cc1C.CCCCCC. The predicted octanol–water partition coefficient (Wildman–Crippen LogP) is 10.7. The summed E-state index contributed by atoms with van der Waals surface area (Å²) in [6.45, 7) is 23.4. The quantitative estimate of drug-likeness (QED) is 0.168. The first-order valence-corrected chi connectivity index (χ1v) is 14.7. The second-order valence-electron chi connectivity index (χ2n) is 10.5. The summed E-state index contributed by atoms with van der Waals surface area (Å²) in [4.78, 5) is 0. The van der Waals surface area contributed by atoms with Crippen LogP contribution in [0.25, 0.3) is 5.57 Å². The van der Waals surface area contributed by atoms with E-state index in [1.807, 2.05) is 6.08 Å². The number of hydrogen-bond acceptors (Lipinski definition) is 1. The van der Waals surface area contributed by atoms with Gasteiger partial charge in [-0.25, -0.2) is 0 Å². The number of hydrogen-bond donors (Lipinski definition) is 1. The fourth-order valence-corrected chi connectivity index (χ4v) is 4.48. The van der Waals surface area contributed by atoms with Crippen LogP contribution in [0.5, 0.6) is 0 Å². The second kappa shape index (κ2) is 19.6. The van der Waals surface area contributed by atoms with Crippen molar-refractivity contribution >= 4 is 5.57 Å². The van der Waals surface area contributed by atoms with Crippen molar-refractivity contribution < 1.29 is 0 Å². The maximum atomic E-state index is 4.29. The monoisotopic (exact) mass is 501 g/mol. The third-order valence-electron chi connectivity index (χ3n) is 7.03. The molecule has 0 saturated heterocycles. The van der Waals surface area contributed by atoms with Gasteiger partial charge in [0, 0.05) is 11.7 Å². The number of allylic oxidation sites excluding steroid dienone is 3. The molecule has 2 rings (SSSR count). The van der Waals surface area contributed by atoms with E-state index in [2.05, 4.69) is 102 Å². The number of nitrogens with one attached hydrogen (secondary N) is 1. The molecule has 1 N–H and O–H groups in total. The second-order valence-corrected chi connectivity index (χ2v) is 10.5. The van der Waals surface area contributed by atoms with Gasteiger partial charge >= 0.3 is 0 Å². The van der Waals surface area contributed by atoms with E-state index in [0.29, 0.717) is 6.04 Å². The Kier molecular flexibility index (Phi) is 17.2. The summed E-state index contributed by atoms with van der Waals surface area (Å²) >= 11 is 0. The molecule has 0 radical (unpaired) electrons. The minimum atomic E-state index is 0.438. The highest BCUT2D eigenvalue weighted by atomic mass is 14.9. The minimum Gasteiger partial charge on any atom is -0.386 e. The van der Waals surface area contributed by atoms with Crippen LogP contribution in [0.15, 0.2) is 74.0 Å². The van der Waals surface area contributed by atoms with Gasteiger partial charge in [0.05, 0.1) is 0 Å². The molecule has 1 nitrogen and oxygen atoms in total. The van der Waals surface area contributed by atoms with E-state index in [-0.39, 0.29) is 0 Å². The number of rotatable bonds is 17. The molecule has 2 aromatic rings. The first-order valence-electron chi connectivity index (χ1n) is 14.7. The van der Waals surface area contributed by atoms with Gasteiger partial charge in [-0.1, -0.05) is 114 Å². The molecular formula is C36H55N. The first kappa shape index (κ1) is 32.5. The predicted molar refractivity (Wildman–Crippen MR) is 168 cm³/mol. The molecule has 0 aromatic heterocycles. The lowest BCUT2D eigenvalue weighted by atomic mass is 9.96. The lowest BCUT2D eigenvalue weighted by Gasteiger charge is -2.21. The fraction of sp³-hybridized carbons (Fsp3) is 0.500. The lowest BCUT2D eigenvalue weighted by Crippen LogP contribution is -2.29. The summed E-state index contributed by atoms with van der Waals surface area (Å²) in [7, 11) is 0.